The van der Waals surface area contributed by atoms with Gasteiger partial charge in [0.25, 0.3) is 0 Å². The van der Waals surface area contributed by atoms with E-state index in [1.165, 1.54) is 0 Å². The number of aromatic nitrogens is 3. The van der Waals surface area contributed by atoms with Gasteiger partial charge >= 0.3 is 0 Å². The maximum Gasteiger partial charge on any atom is 0.150 e. The van der Waals surface area contributed by atoms with Gasteiger partial charge in [-0.2, -0.15) is 5.10 Å². The fourth-order valence-corrected chi connectivity index (χ4v) is 2.50. The lowest BCUT2D eigenvalue weighted by molar-refractivity contribution is 0.342. The molecule has 1 aliphatic rings. The molecule has 0 saturated heterocycles. The van der Waals surface area contributed by atoms with E-state index in [2.05, 4.69) is 22.3 Å². The lowest BCUT2D eigenvalue weighted by Crippen LogP contribution is -2.37. The van der Waals surface area contributed by atoms with Gasteiger partial charge in [0.15, 0.2) is 5.82 Å². The molecule has 1 N–H and O–H groups in total. The topological polar surface area (TPSA) is 55.9 Å². The second-order valence-corrected chi connectivity index (χ2v) is 5.11. The summed E-state index contributed by atoms with van der Waals surface area (Å²) < 4.78 is 7.62. The van der Waals surface area contributed by atoms with Crippen molar-refractivity contribution in [3.8, 4) is 0 Å². The number of fused-ring (bicyclic) bond motifs is 1. The van der Waals surface area contributed by atoms with Crippen molar-refractivity contribution in [1.29, 1.82) is 0 Å². The average molecular weight is 260 g/mol. The van der Waals surface area contributed by atoms with Crippen LogP contribution < -0.4 is 5.32 Å². The second kappa shape index (κ2) is 5.17. The summed E-state index contributed by atoms with van der Waals surface area (Å²) in [6.45, 7) is 5.75. The van der Waals surface area contributed by atoms with Crippen molar-refractivity contribution in [2.24, 2.45) is 0 Å². The highest BCUT2D eigenvalue weighted by atomic mass is 16.3. The minimum absolute atomic E-state index is 0.448. The summed E-state index contributed by atoms with van der Waals surface area (Å²) in [6.07, 6.45) is 3.02. The number of nitrogens with one attached hydrogen (secondary N) is 1. The first-order chi connectivity index (χ1) is 9.24. The van der Waals surface area contributed by atoms with Crippen LogP contribution in [-0.2, 0) is 25.9 Å². The smallest absolute Gasteiger partial charge is 0.150 e. The monoisotopic (exact) mass is 260 g/mol. The third kappa shape index (κ3) is 2.71. The first-order valence-corrected chi connectivity index (χ1v) is 6.96. The van der Waals surface area contributed by atoms with Gasteiger partial charge in [0.1, 0.15) is 17.3 Å². The molecule has 1 unspecified atom stereocenters. The van der Waals surface area contributed by atoms with Crippen molar-refractivity contribution in [2.45, 2.75) is 52.2 Å². The van der Waals surface area contributed by atoms with Crippen LogP contribution >= 0.6 is 0 Å². The van der Waals surface area contributed by atoms with E-state index in [-0.39, 0.29) is 0 Å². The summed E-state index contributed by atoms with van der Waals surface area (Å²) in [5.74, 6) is 4.05. The van der Waals surface area contributed by atoms with Gasteiger partial charge in [-0.05, 0) is 25.5 Å². The predicted octanol–water partition coefficient (Wildman–Crippen LogP) is 1.85. The Balaban J connectivity index is 1.59. The third-order valence-electron chi connectivity index (χ3n) is 3.58. The molecule has 2 aromatic rings. The molecule has 1 atom stereocenters. The number of furan rings is 1. The molecule has 0 aliphatic carbocycles. The average Bonchev–Trinajstić information content (AvgIpc) is 3.01. The van der Waals surface area contributed by atoms with Gasteiger partial charge in [-0.1, -0.05) is 6.92 Å². The zero-order valence-electron chi connectivity index (χ0n) is 11.5. The van der Waals surface area contributed by atoms with E-state index in [1.807, 2.05) is 23.7 Å². The Morgan fingerprint density at radius 2 is 2.37 bits per heavy atom. The molecule has 3 rings (SSSR count). The van der Waals surface area contributed by atoms with E-state index in [1.54, 1.807) is 0 Å². The first kappa shape index (κ1) is 12.4. The maximum absolute atomic E-state index is 5.57. The highest BCUT2D eigenvalue weighted by molar-refractivity contribution is 5.05. The first-order valence-electron chi connectivity index (χ1n) is 6.96. The highest BCUT2D eigenvalue weighted by Crippen LogP contribution is 2.14. The molecule has 0 fully saturated rings. The van der Waals surface area contributed by atoms with Crippen molar-refractivity contribution in [2.75, 3.05) is 0 Å². The molecule has 5 nitrogen and oxygen atoms in total. The number of rotatable bonds is 4. The van der Waals surface area contributed by atoms with Crippen LogP contribution in [0.15, 0.2) is 16.5 Å². The summed E-state index contributed by atoms with van der Waals surface area (Å²) in [4.78, 5) is 4.53. The van der Waals surface area contributed by atoms with E-state index in [9.17, 15) is 0 Å². The number of hydrogen-bond acceptors (Lipinski definition) is 4. The lowest BCUT2D eigenvalue weighted by atomic mass is 10.1. The third-order valence-corrected chi connectivity index (χ3v) is 3.58. The summed E-state index contributed by atoms with van der Waals surface area (Å²) in [5.41, 5.74) is 0. The summed E-state index contributed by atoms with van der Waals surface area (Å²) in [5, 5.41) is 8.06. The van der Waals surface area contributed by atoms with Crippen LogP contribution in [0.3, 0.4) is 0 Å². The molecule has 0 amide bonds. The van der Waals surface area contributed by atoms with E-state index < -0.39 is 0 Å². The standard InChI is InChI=1S/C14H20N4O/c1-3-13-16-14-7-5-11(9-18(14)17-13)15-8-12-6-4-10(2)19-12/h4,6,11,15H,3,5,7-9H2,1-2H3. The Kier molecular flexibility index (Phi) is 3.38. The highest BCUT2D eigenvalue weighted by Gasteiger charge is 2.21. The number of nitrogens with zero attached hydrogens (tertiary/aromatic N) is 3. The maximum atomic E-state index is 5.57. The SMILES string of the molecule is CCc1nc2n(n1)CC(NCc1ccc(C)o1)CC2. The van der Waals surface area contributed by atoms with Crippen molar-refractivity contribution < 1.29 is 4.42 Å². The zero-order valence-corrected chi connectivity index (χ0v) is 11.5. The molecule has 0 bridgehead atoms. The minimum atomic E-state index is 0.448. The van der Waals surface area contributed by atoms with E-state index in [0.29, 0.717) is 6.04 Å². The van der Waals surface area contributed by atoms with Gasteiger partial charge in [0.2, 0.25) is 0 Å². The Labute approximate surface area is 113 Å². The van der Waals surface area contributed by atoms with Crippen LogP contribution in [0.5, 0.6) is 0 Å². The molecule has 2 aromatic heterocycles. The van der Waals surface area contributed by atoms with E-state index >= 15 is 0 Å². The molecule has 0 aromatic carbocycles. The van der Waals surface area contributed by atoms with Crippen molar-refractivity contribution >= 4 is 0 Å². The molecule has 102 valence electrons. The van der Waals surface area contributed by atoms with Crippen molar-refractivity contribution in [3.05, 3.63) is 35.3 Å². The van der Waals surface area contributed by atoms with Gasteiger partial charge in [0.05, 0.1) is 13.1 Å². The molecule has 19 heavy (non-hydrogen) atoms. The van der Waals surface area contributed by atoms with Gasteiger partial charge in [-0.25, -0.2) is 9.67 Å². The summed E-state index contributed by atoms with van der Waals surface area (Å²) in [6, 6.07) is 4.48. The predicted molar refractivity (Wildman–Crippen MR) is 71.8 cm³/mol. The van der Waals surface area contributed by atoms with Gasteiger partial charge < -0.3 is 9.73 Å². The van der Waals surface area contributed by atoms with Crippen LogP contribution in [0.25, 0.3) is 0 Å². The number of hydrogen-bond donors (Lipinski definition) is 1. The molecule has 3 heterocycles. The summed E-state index contributed by atoms with van der Waals surface area (Å²) >= 11 is 0. The lowest BCUT2D eigenvalue weighted by Gasteiger charge is -2.23. The van der Waals surface area contributed by atoms with Crippen LogP contribution in [0.4, 0.5) is 0 Å². The van der Waals surface area contributed by atoms with Gasteiger partial charge in [-0.15, -0.1) is 0 Å². The molecule has 0 saturated carbocycles. The Bertz CT molecular complexity index is 558. The normalized spacial score (nSPS) is 18.5. The molecule has 0 spiro atoms. The van der Waals surface area contributed by atoms with Crippen LogP contribution in [-0.4, -0.2) is 20.8 Å². The fraction of sp³-hybridized carbons (Fsp3) is 0.571. The van der Waals surface area contributed by atoms with Gasteiger partial charge in [-0.3, -0.25) is 0 Å². The van der Waals surface area contributed by atoms with Crippen LogP contribution in [0.2, 0.25) is 0 Å². The van der Waals surface area contributed by atoms with Crippen LogP contribution in [0, 0.1) is 6.92 Å². The van der Waals surface area contributed by atoms with Crippen molar-refractivity contribution in [1.82, 2.24) is 20.1 Å². The Hall–Kier alpha value is -1.62. The largest absolute Gasteiger partial charge is 0.465 e. The quantitative estimate of drug-likeness (QED) is 0.911. The molecular formula is C14H20N4O. The molecule has 0 radical (unpaired) electrons. The van der Waals surface area contributed by atoms with E-state index in [0.717, 1.165) is 55.5 Å². The van der Waals surface area contributed by atoms with Gasteiger partial charge in [0, 0.05) is 18.9 Å². The summed E-state index contributed by atoms with van der Waals surface area (Å²) in [7, 11) is 0. The second-order valence-electron chi connectivity index (χ2n) is 5.11. The minimum Gasteiger partial charge on any atom is -0.465 e. The van der Waals surface area contributed by atoms with Crippen LogP contribution in [0.1, 0.15) is 36.5 Å². The fourth-order valence-electron chi connectivity index (χ4n) is 2.50. The van der Waals surface area contributed by atoms with Crippen molar-refractivity contribution in [3.63, 3.8) is 0 Å². The zero-order chi connectivity index (χ0) is 13.2. The van der Waals surface area contributed by atoms with E-state index in [4.69, 9.17) is 4.42 Å². The molecule has 1 aliphatic heterocycles. The Morgan fingerprint density at radius 1 is 1.47 bits per heavy atom. The molecule has 5 heteroatoms. The number of aryl methyl sites for hydroxylation is 3. The Morgan fingerprint density at radius 3 is 3.11 bits per heavy atom. The molecular weight excluding hydrogens is 240 g/mol.